The van der Waals surface area contributed by atoms with Gasteiger partial charge in [0.05, 0.1) is 19.1 Å². The first-order valence-electron chi connectivity index (χ1n) is 6.41. The zero-order chi connectivity index (χ0) is 12.5. The molecule has 0 aromatic heterocycles. The fourth-order valence-electron chi connectivity index (χ4n) is 1.98. The van der Waals surface area contributed by atoms with Crippen LogP contribution in [-0.4, -0.2) is 36.9 Å². The first-order chi connectivity index (χ1) is 8.22. The molecule has 0 saturated carbocycles. The summed E-state index contributed by atoms with van der Waals surface area (Å²) < 4.78 is 4.77. The van der Waals surface area contributed by atoms with E-state index in [1.165, 1.54) is 6.42 Å². The summed E-state index contributed by atoms with van der Waals surface area (Å²) in [7, 11) is 0. The Labute approximate surface area is 103 Å². The lowest BCUT2D eigenvalue weighted by Crippen LogP contribution is -2.32. The molecule has 2 N–H and O–H groups in total. The van der Waals surface area contributed by atoms with Crippen molar-refractivity contribution >= 4 is 5.97 Å². The van der Waals surface area contributed by atoms with Gasteiger partial charge in [-0.15, -0.1) is 0 Å². The van der Waals surface area contributed by atoms with Crippen LogP contribution in [0.15, 0.2) is 12.2 Å². The number of ether oxygens (including phenoxy) is 1. The second kappa shape index (κ2) is 8.25. The number of carbonyl (C=O) groups excluding carboxylic acids is 1. The fraction of sp³-hybridized carbons (Fsp3) is 0.769. The summed E-state index contributed by atoms with van der Waals surface area (Å²) >= 11 is 0. The molecule has 0 radical (unpaired) electrons. The number of aliphatic hydroxyl groups excluding tert-OH is 1. The van der Waals surface area contributed by atoms with Crippen molar-refractivity contribution in [2.75, 3.05) is 19.7 Å². The van der Waals surface area contributed by atoms with Gasteiger partial charge in [-0.05, 0) is 38.6 Å². The van der Waals surface area contributed by atoms with Gasteiger partial charge in [0.15, 0.2) is 0 Å². The summed E-state index contributed by atoms with van der Waals surface area (Å²) in [6.45, 7) is 3.50. The molecule has 0 aromatic carbocycles. The Hall–Kier alpha value is -0.870. The van der Waals surface area contributed by atoms with Gasteiger partial charge >= 0.3 is 5.97 Å². The third-order valence-electron chi connectivity index (χ3n) is 2.90. The maximum atomic E-state index is 11.1. The second-order valence-corrected chi connectivity index (χ2v) is 4.47. The zero-order valence-electron chi connectivity index (χ0n) is 10.5. The number of rotatable bonds is 7. The van der Waals surface area contributed by atoms with Crippen LogP contribution in [0.2, 0.25) is 0 Å². The number of hydrogen-bond acceptors (Lipinski definition) is 4. The maximum absolute atomic E-state index is 11.1. The molecule has 0 aromatic rings. The molecule has 0 bridgehead atoms. The molecule has 1 aliphatic rings. The molecule has 2 unspecified atom stereocenters. The number of allylic oxidation sites excluding steroid dienone is 2. The third-order valence-corrected chi connectivity index (χ3v) is 2.90. The van der Waals surface area contributed by atoms with E-state index in [-0.39, 0.29) is 12.4 Å². The molecule has 0 aliphatic heterocycles. The summed E-state index contributed by atoms with van der Waals surface area (Å²) in [6, 6.07) is 0. The van der Waals surface area contributed by atoms with E-state index >= 15 is 0 Å². The molecule has 98 valence electrons. The third kappa shape index (κ3) is 6.44. The van der Waals surface area contributed by atoms with Crippen LogP contribution in [0.25, 0.3) is 0 Å². The molecular weight excluding hydrogens is 218 g/mol. The summed E-state index contributed by atoms with van der Waals surface area (Å²) in [4.78, 5) is 11.1. The van der Waals surface area contributed by atoms with Gasteiger partial charge in [0.1, 0.15) is 0 Å². The molecule has 4 nitrogen and oxygen atoms in total. The average Bonchev–Trinajstić information content (AvgIpc) is 2.30. The van der Waals surface area contributed by atoms with Gasteiger partial charge in [0.2, 0.25) is 0 Å². The minimum Gasteiger partial charge on any atom is -0.466 e. The Morgan fingerprint density at radius 3 is 3.06 bits per heavy atom. The van der Waals surface area contributed by atoms with Crippen molar-refractivity contribution < 1.29 is 14.6 Å². The predicted octanol–water partition coefficient (Wildman–Crippen LogP) is 1.25. The lowest BCUT2D eigenvalue weighted by atomic mass is 9.94. The molecule has 0 spiro atoms. The van der Waals surface area contributed by atoms with Crippen LogP contribution in [-0.2, 0) is 9.53 Å². The largest absolute Gasteiger partial charge is 0.466 e. The van der Waals surface area contributed by atoms with Crippen molar-refractivity contribution in [2.24, 2.45) is 5.92 Å². The van der Waals surface area contributed by atoms with Crippen LogP contribution >= 0.6 is 0 Å². The van der Waals surface area contributed by atoms with Crippen LogP contribution in [0.5, 0.6) is 0 Å². The van der Waals surface area contributed by atoms with E-state index in [0.717, 1.165) is 19.4 Å². The van der Waals surface area contributed by atoms with Gasteiger partial charge in [-0.2, -0.15) is 0 Å². The van der Waals surface area contributed by atoms with Crippen LogP contribution in [0.3, 0.4) is 0 Å². The molecule has 2 atom stereocenters. The van der Waals surface area contributed by atoms with Gasteiger partial charge in [-0.3, -0.25) is 4.79 Å². The van der Waals surface area contributed by atoms with E-state index < -0.39 is 6.10 Å². The number of nitrogens with one attached hydrogen (secondary N) is 1. The maximum Gasteiger partial charge on any atom is 0.308 e. The number of carbonyl (C=O) groups is 1. The lowest BCUT2D eigenvalue weighted by Gasteiger charge is -2.19. The van der Waals surface area contributed by atoms with Crippen molar-refractivity contribution in [1.29, 1.82) is 0 Å². The van der Waals surface area contributed by atoms with E-state index in [1.54, 1.807) is 6.92 Å². The molecule has 1 aliphatic carbocycles. The summed E-state index contributed by atoms with van der Waals surface area (Å²) in [5.41, 5.74) is 0. The van der Waals surface area contributed by atoms with Crippen molar-refractivity contribution in [2.45, 2.75) is 38.7 Å². The Morgan fingerprint density at radius 2 is 2.41 bits per heavy atom. The quantitative estimate of drug-likeness (QED) is 0.520. The standard InChI is InChI=1S/C13H23NO3/c1-2-17-13(16)8-12(15)10-14-9-11-6-4-3-5-7-11/h3-4,11-12,14-15H,2,5-10H2,1H3. The van der Waals surface area contributed by atoms with Gasteiger partial charge in [0.25, 0.3) is 0 Å². The van der Waals surface area contributed by atoms with E-state index in [1.807, 2.05) is 0 Å². The topological polar surface area (TPSA) is 58.6 Å². The smallest absolute Gasteiger partial charge is 0.308 e. The lowest BCUT2D eigenvalue weighted by molar-refractivity contribution is -0.145. The number of esters is 1. The van der Waals surface area contributed by atoms with Crippen LogP contribution < -0.4 is 5.32 Å². The molecular formula is C13H23NO3. The average molecular weight is 241 g/mol. The van der Waals surface area contributed by atoms with Gasteiger partial charge in [0, 0.05) is 6.54 Å². The van der Waals surface area contributed by atoms with Gasteiger partial charge in [-0.25, -0.2) is 0 Å². The SMILES string of the molecule is CCOC(=O)CC(O)CNCC1CC=CCC1. The molecule has 0 fully saturated rings. The van der Waals surface area contributed by atoms with Crippen LogP contribution in [0.4, 0.5) is 0 Å². The fourth-order valence-corrected chi connectivity index (χ4v) is 1.98. The first-order valence-corrected chi connectivity index (χ1v) is 6.41. The first kappa shape index (κ1) is 14.2. The van der Waals surface area contributed by atoms with Crippen LogP contribution in [0, 0.1) is 5.92 Å². The van der Waals surface area contributed by atoms with Crippen molar-refractivity contribution in [3.8, 4) is 0 Å². The number of aliphatic hydroxyl groups is 1. The van der Waals surface area contributed by atoms with Gasteiger partial charge in [-0.1, -0.05) is 12.2 Å². The van der Waals surface area contributed by atoms with E-state index in [0.29, 0.717) is 19.1 Å². The number of hydrogen-bond donors (Lipinski definition) is 2. The van der Waals surface area contributed by atoms with Crippen LogP contribution in [0.1, 0.15) is 32.6 Å². The highest BCUT2D eigenvalue weighted by Crippen LogP contribution is 2.16. The summed E-state index contributed by atoms with van der Waals surface area (Å²) in [5.74, 6) is 0.331. The zero-order valence-corrected chi connectivity index (χ0v) is 10.5. The molecule has 0 saturated heterocycles. The normalized spacial score (nSPS) is 21.2. The Balaban J connectivity index is 2.05. The Bertz CT molecular complexity index is 253. The van der Waals surface area contributed by atoms with Crippen molar-refractivity contribution in [1.82, 2.24) is 5.32 Å². The second-order valence-electron chi connectivity index (χ2n) is 4.47. The molecule has 4 heteroatoms. The highest BCUT2D eigenvalue weighted by molar-refractivity contribution is 5.69. The molecule has 0 amide bonds. The van der Waals surface area contributed by atoms with Gasteiger partial charge < -0.3 is 15.2 Å². The predicted molar refractivity (Wildman–Crippen MR) is 66.6 cm³/mol. The summed E-state index contributed by atoms with van der Waals surface area (Å²) in [6.07, 6.45) is 7.33. The minimum atomic E-state index is -0.645. The van der Waals surface area contributed by atoms with E-state index in [9.17, 15) is 9.90 Å². The molecule has 0 heterocycles. The van der Waals surface area contributed by atoms with E-state index in [4.69, 9.17) is 4.74 Å². The minimum absolute atomic E-state index is 0.0748. The molecule has 17 heavy (non-hydrogen) atoms. The summed E-state index contributed by atoms with van der Waals surface area (Å²) in [5, 5.41) is 12.8. The van der Waals surface area contributed by atoms with Crippen molar-refractivity contribution in [3.63, 3.8) is 0 Å². The Kier molecular flexibility index (Phi) is 6.89. The Morgan fingerprint density at radius 1 is 1.59 bits per heavy atom. The van der Waals surface area contributed by atoms with E-state index in [2.05, 4.69) is 17.5 Å². The van der Waals surface area contributed by atoms with Crippen molar-refractivity contribution in [3.05, 3.63) is 12.2 Å². The highest BCUT2D eigenvalue weighted by Gasteiger charge is 2.13. The highest BCUT2D eigenvalue weighted by atomic mass is 16.5. The monoisotopic (exact) mass is 241 g/mol. The molecule has 1 rings (SSSR count).